The molecule has 0 saturated heterocycles. The molecule has 0 aliphatic carbocycles. The molecule has 0 fully saturated rings. The summed E-state index contributed by atoms with van der Waals surface area (Å²) in [5, 5.41) is 0.365. The predicted octanol–water partition coefficient (Wildman–Crippen LogP) is 2.92. The van der Waals surface area contributed by atoms with E-state index in [1.54, 1.807) is 0 Å². The molecule has 0 atom stereocenters. The van der Waals surface area contributed by atoms with Crippen LogP contribution in [0.4, 0.5) is 8.78 Å². The van der Waals surface area contributed by atoms with Gasteiger partial charge in [0.2, 0.25) is 5.88 Å². The summed E-state index contributed by atoms with van der Waals surface area (Å²) in [6.45, 7) is 0. The van der Waals surface area contributed by atoms with E-state index in [1.807, 2.05) is 0 Å². The Bertz CT molecular complexity index is 293. The minimum Gasteiger partial charge on any atom is -0.481 e. The normalized spacial score (nSPS) is 10.5. The van der Waals surface area contributed by atoms with Gasteiger partial charge in [-0.2, -0.15) is 0 Å². The first-order valence-corrected chi connectivity index (χ1v) is 4.68. The molecule has 0 aliphatic rings. The third-order valence-corrected chi connectivity index (χ3v) is 2.19. The van der Waals surface area contributed by atoms with E-state index in [2.05, 4.69) is 20.9 Å². The van der Waals surface area contributed by atoms with Gasteiger partial charge in [-0.15, -0.1) is 0 Å². The molecule has 1 aromatic heterocycles. The van der Waals surface area contributed by atoms with E-state index in [0.29, 0.717) is 10.9 Å². The Morgan fingerprint density at radius 2 is 2.31 bits per heavy atom. The average molecular weight is 252 g/mol. The van der Waals surface area contributed by atoms with Crippen molar-refractivity contribution in [3.8, 4) is 5.88 Å². The molecule has 1 aromatic rings. The van der Waals surface area contributed by atoms with Gasteiger partial charge in [0.05, 0.1) is 7.11 Å². The molecule has 5 heteroatoms. The smallest absolute Gasteiger partial charge is 0.264 e. The highest BCUT2D eigenvalue weighted by atomic mass is 79.9. The molecule has 72 valence electrons. The first-order valence-electron chi connectivity index (χ1n) is 3.56. The van der Waals surface area contributed by atoms with Crippen LogP contribution in [0.5, 0.6) is 5.88 Å². The molecule has 0 aliphatic heterocycles. The molecule has 1 rings (SSSR count). The van der Waals surface area contributed by atoms with Crippen molar-refractivity contribution in [1.29, 1.82) is 0 Å². The molecule has 0 N–H and O–H groups in total. The van der Waals surface area contributed by atoms with Crippen molar-refractivity contribution >= 4 is 15.9 Å². The maximum atomic E-state index is 12.4. The Morgan fingerprint density at radius 3 is 2.77 bits per heavy atom. The number of alkyl halides is 3. The van der Waals surface area contributed by atoms with Gasteiger partial charge in [-0.1, -0.05) is 15.9 Å². The average Bonchev–Trinajstić information content (AvgIpc) is 2.16. The molecule has 0 amide bonds. The van der Waals surface area contributed by atoms with Crippen molar-refractivity contribution < 1.29 is 13.5 Å². The van der Waals surface area contributed by atoms with Crippen LogP contribution in [0.3, 0.4) is 0 Å². The van der Waals surface area contributed by atoms with Gasteiger partial charge < -0.3 is 4.74 Å². The van der Waals surface area contributed by atoms with Gasteiger partial charge in [-0.05, 0) is 5.56 Å². The Kier molecular flexibility index (Phi) is 3.59. The second-order valence-electron chi connectivity index (χ2n) is 2.36. The monoisotopic (exact) mass is 251 g/mol. The fourth-order valence-corrected chi connectivity index (χ4v) is 1.37. The first kappa shape index (κ1) is 10.4. The summed E-state index contributed by atoms with van der Waals surface area (Å²) in [6.07, 6.45) is -1.11. The van der Waals surface area contributed by atoms with Gasteiger partial charge in [-0.3, -0.25) is 0 Å². The van der Waals surface area contributed by atoms with Crippen LogP contribution in [-0.2, 0) is 5.33 Å². The molecule has 2 nitrogen and oxygen atoms in total. The summed E-state index contributed by atoms with van der Waals surface area (Å²) in [4.78, 5) is 3.83. The van der Waals surface area contributed by atoms with Crippen molar-refractivity contribution in [2.24, 2.45) is 0 Å². The molecule has 13 heavy (non-hydrogen) atoms. The second-order valence-corrected chi connectivity index (χ2v) is 2.92. The van der Waals surface area contributed by atoms with Gasteiger partial charge in [0.1, 0.15) is 0 Å². The number of hydrogen-bond acceptors (Lipinski definition) is 2. The lowest BCUT2D eigenvalue weighted by molar-refractivity contribution is 0.150. The summed E-state index contributed by atoms with van der Waals surface area (Å²) < 4.78 is 29.6. The Morgan fingerprint density at radius 1 is 1.62 bits per heavy atom. The Hall–Kier alpha value is -0.710. The fraction of sp³-hybridized carbons (Fsp3) is 0.375. The van der Waals surface area contributed by atoms with Crippen LogP contribution in [0.25, 0.3) is 0 Å². The largest absolute Gasteiger partial charge is 0.481 e. The van der Waals surface area contributed by atoms with Crippen LogP contribution in [0.1, 0.15) is 17.6 Å². The number of ether oxygens (including phenoxy) is 1. The molecule has 0 unspecified atom stereocenters. The number of rotatable bonds is 3. The highest BCUT2D eigenvalue weighted by molar-refractivity contribution is 9.08. The summed E-state index contributed by atoms with van der Waals surface area (Å²) >= 11 is 3.11. The van der Waals surface area contributed by atoms with E-state index in [1.165, 1.54) is 19.4 Å². The highest BCUT2D eigenvalue weighted by Crippen LogP contribution is 2.26. The molecule has 1 heterocycles. The van der Waals surface area contributed by atoms with Crippen LogP contribution in [0.15, 0.2) is 12.3 Å². The van der Waals surface area contributed by atoms with Crippen molar-refractivity contribution in [2.75, 3.05) is 7.11 Å². The van der Waals surface area contributed by atoms with Crippen LogP contribution in [0.2, 0.25) is 0 Å². The molecular weight excluding hydrogens is 244 g/mol. The van der Waals surface area contributed by atoms with Gasteiger partial charge >= 0.3 is 0 Å². The third kappa shape index (κ3) is 2.37. The topological polar surface area (TPSA) is 22.1 Å². The number of halogens is 3. The standard InChI is InChI=1S/C8H8BrF2NO/c1-13-7-2-6(8(10)11)5(3-9)4-12-7/h2,4,8H,3H2,1H3. The SMILES string of the molecule is COc1cc(C(F)F)c(CBr)cn1. The van der Waals surface area contributed by atoms with Crippen molar-refractivity contribution in [3.63, 3.8) is 0 Å². The number of nitrogens with zero attached hydrogens (tertiary/aromatic N) is 1. The third-order valence-electron chi connectivity index (χ3n) is 1.59. The summed E-state index contributed by atoms with van der Waals surface area (Å²) in [5.74, 6) is 0.208. The zero-order valence-corrected chi connectivity index (χ0v) is 8.51. The van der Waals surface area contributed by atoms with Crippen molar-refractivity contribution in [1.82, 2.24) is 4.98 Å². The molecule has 0 bridgehead atoms. The first-order chi connectivity index (χ1) is 6.19. The van der Waals surface area contributed by atoms with Gasteiger partial charge in [-0.25, -0.2) is 13.8 Å². The lowest BCUT2D eigenvalue weighted by Gasteiger charge is -2.07. The van der Waals surface area contributed by atoms with Gasteiger partial charge in [0.25, 0.3) is 6.43 Å². The van der Waals surface area contributed by atoms with E-state index in [4.69, 9.17) is 4.74 Å². The van der Waals surface area contributed by atoms with E-state index in [-0.39, 0.29) is 11.4 Å². The predicted molar refractivity (Wildman–Crippen MR) is 48.4 cm³/mol. The number of methoxy groups -OCH3 is 1. The van der Waals surface area contributed by atoms with Crippen LogP contribution < -0.4 is 4.74 Å². The second kappa shape index (κ2) is 4.50. The highest BCUT2D eigenvalue weighted by Gasteiger charge is 2.13. The number of hydrogen-bond donors (Lipinski definition) is 0. The molecular formula is C8H8BrF2NO. The summed E-state index contributed by atoms with van der Waals surface area (Å²) in [5.41, 5.74) is 0.444. The van der Waals surface area contributed by atoms with Crippen LogP contribution in [0, 0.1) is 0 Å². The fourth-order valence-electron chi connectivity index (χ4n) is 0.905. The minimum atomic E-state index is -2.50. The summed E-state index contributed by atoms with van der Waals surface area (Å²) in [6, 6.07) is 1.25. The van der Waals surface area contributed by atoms with Crippen LogP contribution in [-0.4, -0.2) is 12.1 Å². The molecule has 0 spiro atoms. The Labute approximate surface area is 83.1 Å². The zero-order valence-electron chi connectivity index (χ0n) is 6.93. The lowest BCUT2D eigenvalue weighted by atomic mass is 10.2. The number of aromatic nitrogens is 1. The zero-order chi connectivity index (χ0) is 9.84. The molecule has 0 aromatic carbocycles. The lowest BCUT2D eigenvalue weighted by Crippen LogP contribution is -1.96. The minimum absolute atomic E-state index is 0.0382. The van der Waals surface area contributed by atoms with Gasteiger partial charge in [0, 0.05) is 23.2 Å². The van der Waals surface area contributed by atoms with E-state index in [9.17, 15) is 8.78 Å². The van der Waals surface area contributed by atoms with E-state index >= 15 is 0 Å². The van der Waals surface area contributed by atoms with Crippen molar-refractivity contribution in [3.05, 3.63) is 23.4 Å². The van der Waals surface area contributed by atoms with E-state index < -0.39 is 6.43 Å². The van der Waals surface area contributed by atoms with Crippen LogP contribution >= 0.6 is 15.9 Å². The van der Waals surface area contributed by atoms with E-state index in [0.717, 1.165) is 0 Å². The van der Waals surface area contributed by atoms with Gasteiger partial charge in [0.15, 0.2) is 0 Å². The molecule has 0 radical (unpaired) electrons. The number of pyridine rings is 1. The summed E-state index contributed by atoms with van der Waals surface area (Å²) in [7, 11) is 1.39. The Balaban J connectivity index is 3.10. The maximum Gasteiger partial charge on any atom is 0.264 e. The quantitative estimate of drug-likeness (QED) is 0.771. The van der Waals surface area contributed by atoms with Crippen molar-refractivity contribution in [2.45, 2.75) is 11.8 Å². The maximum absolute atomic E-state index is 12.4. The molecule has 0 saturated carbocycles.